The summed E-state index contributed by atoms with van der Waals surface area (Å²) in [7, 11) is 1.47. The van der Waals surface area contributed by atoms with Gasteiger partial charge in [-0.3, -0.25) is 4.57 Å². The smallest absolute Gasteiger partial charge is 0.335 e. The zero-order chi connectivity index (χ0) is 41.4. The second-order valence-electron chi connectivity index (χ2n) is 13.1. The lowest BCUT2D eigenvalue weighted by Crippen LogP contribution is -2.23. The highest BCUT2D eigenvalue weighted by atomic mass is 35.5. The maximum Gasteiger partial charge on any atom is 0.335 e. The Morgan fingerprint density at radius 3 is 1.57 bits per heavy atom. The van der Waals surface area contributed by atoms with E-state index in [2.05, 4.69) is 15.0 Å². The van der Waals surface area contributed by atoms with Gasteiger partial charge < -0.3 is 29.0 Å². The molecule has 0 aromatic carbocycles. The van der Waals surface area contributed by atoms with Crippen LogP contribution < -0.4 is 19.9 Å². The van der Waals surface area contributed by atoms with Crippen molar-refractivity contribution in [3.8, 4) is 17.2 Å². The standard InChI is InChI=1S/C14H16ClF2NO.C14H18F2N2O.C11H17ClNO4P/c1-19-12-9-18-13(15)8-11(12)3-2-10-4-6-14(16,17)7-5-10;1-19-12-9-18-13(17)8-11(12)3-2-10-4-6-14(15,16)7-5-10;1-4-16-18(14,17-5-2)8-9-6-11(12)13-7-10(9)15-3/h2-3,8-10H,4-7H2,1H3;2-3,8-10H,4-7H2,1H3,(H2,17,18);6-7H,4-5,8H2,1-3H3/b2*3-2+;. The topological polar surface area (TPSA) is 128 Å². The number of pyridine rings is 3. The molecule has 3 heterocycles. The van der Waals surface area contributed by atoms with Crippen LogP contribution in [0, 0.1) is 11.8 Å². The van der Waals surface area contributed by atoms with E-state index in [1.54, 1.807) is 58.7 Å². The third-order valence-corrected chi connectivity index (χ3v) is 11.4. The quantitative estimate of drug-likeness (QED) is 0.101. The average Bonchev–Trinajstić information content (AvgIpc) is 3.15. The van der Waals surface area contributed by atoms with Crippen molar-refractivity contribution >= 4 is 48.8 Å². The molecule has 0 atom stereocenters. The predicted octanol–water partition coefficient (Wildman–Crippen LogP) is 11.6. The van der Waals surface area contributed by atoms with E-state index in [1.165, 1.54) is 13.3 Å². The molecule has 5 rings (SSSR count). The monoisotopic (exact) mass is 848 g/mol. The van der Waals surface area contributed by atoms with Crippen molar-refractivity contribution in [1.82, 2.24) is 15.0 Å². The summed E-state index contributed by atoms with van der Waals surface area (Å²) in [6.07, 6.45) is 14.3. The first kappa shape index (κ1) is 47.0. The van der Waals surface area contributed by atoms with Crippen molar-refractivity contribution in [1.29, 1.82) is 0 Å². The van der Waals surface area contributed by atoms with Crippen LogP contribution in [-0.4, -0.2) is 61.3 Å². The molecule has 2 saturated carbocycles. The number of rotatable bonds is 13. The normalized spacial score (nSPS) is 17.1. The summed E-state index contributed by atoms with van der Waals surface area (Å²) < 4.78 is 90.5. The third kappa shape index (κ3) is 15.8. The lowest BCUT2D eigenvalue weighted by atomic mass is 9.86. The largest absolute Gasteiger partial charge is 0.495 e. The van der Waals surface area contributed by atoms with E-state index in [0.717, 1.165) is 11.1 Å². The SMILES string of the molecule is CCOP(=O)(Cc1cc(Cl)ncc1OC)OCC.COc1cnc(Cl)cc1/C=C/C1CCC(F)(F)CC1.COc1cnc(N)cc1/C=C/C1CCC(F)(F)CC1. The molecular formula is C39H51Cl2F4N4O6P. The zero-order valence-corrected chi connectivity index (χ0v) is 34.7. The van der Waals surface area contributed by atoms with Crippen LogP contribution in [0.2, 0.25) is 10.3 Å². The number of methoxy groups -OCH3 is 3. The molecule has 2 fully saturated rings. The number of aromatic nitrogens is 3. The van der Waals surface area contributed by atoms with E-state index < -0.39 is 19.4 Å². The molecule has 310 valence electrons. The molecule has 0 saturated heterocycles. The van der Waals surface area contributed by atoms with Gasteiger partial charge in [-0.15, -0.1) is 0 Å². The summed E-state index contributed by atoms with van der Waals surface area (Å²) in [5.74, 6) is -2.40. The number of nitrogens with zero attached hydrogens (tertiary/aromatic N) is 3. The van der Waals surface area contributed by atoms with Crippen molar-refractivity contribution in [2.75, 3.05) is 40.3 Å². The number of ether oxygens (including phenoxy) is 3. The van der Waals surface area contributed by atoms with E-state index in [9.17, 15) is 22.1 Å². The van der Waals surface area contributed by atoms with Gasteiger partial charge in [-0.1, -0.05) is 47.5 Å². The van der Waals surface area contributed by atoms with E-state index in [0.29, 0.717) is 77.8 Å². The van der Waals surface area contributed by atoms with Crippen LogP contribution in [0.1, 0.15) is 81.9 Å². The number of halogens is 6. The Bertz CT molecular complexity index is 1690. The van der Waals surface area contributed by atoms with E-state index >= 15 is 0 Å². The Balaban J connectivity index is 0.000000225. The van der Waals surface area contributed by atoms with E-state index in [1.807, 2.05) is 24.3 Å². The second-order valence-corrected chi connectivity index (χ2v) is 16.0. The summed E-state index contributed by atoms with van der Waals surface area (Å²) in [6, 6.07) is 5.02. The van der Waals surface area contributed by atoms with Gasteiger partial charge in [0.05, 0.1) is 59.3 Å². The number of hydrogen-bond acceptors (Lipinski definition) is 10. The molecule has 3 aromatic heterocycles. The van der Waals surface area contributed by atoms with Crippen LogP contribution in [0.4, 0.5) is 23.4 Å². The number of alkyl halides is 4. The minimum atomic E-state index is -3.17. The average molecular weight is 850 g/mol. The van der Waals surface area contributed by atoms with Gasteiger partial charge in [-0.2, -0.15) is 0 Å². The number of hydrogen-bond donors (Lipinski definition) is 1. The molecule has 0 amide bonds. The van der Waals surface area contributed by atoms with Crippen molar-refractivity contribution in [3.63, 3.8) is 0 Å². The summed E-state index contributed by atoms with van der Waals surface area (Å²) >= 11 is 11.7. The van der Waals surface area contributed by atoms with Gasteiger partial charge in [0, 0.05) is 42.4 Å². The lowest BCUT2D eigenvalue weighted by molar-refractivity contribution is -0.0416. The Morgan fingerprint density at radius 1 is 0.714 bits per heavy atom. The second kappa shape index (κ2) is 22.5. The van der Waals surface area contributed by atoms with Gasteiger partial charge in [0.2, 0.25) is 11.8 Å². The van der Waals surface area contributed by atoms with Crippen molar-refractivity contribution in [3.05, 3.63) is 75.9 Å². The van der Waals surface area contributed by atoms with Gasteiger partial charge in [-0.25, -0.2) is 32.5 Å². The maximum atomic E-state index is 13.0. The van der Waals surface area contributed by atoms with Gasteiger partial charge in [0.1, 0.15) is 33.4 Å². The molecule has 0 aliphatic heterocycles. The fraction of sp³-hybridized carbons (Fsp3) is 0.513. The molecule has 2 N–H and O–H groups in total. The predicted molar refractivity (Wildman–Crippen MR) is 213 cm³/mol. The Kier molecular flexibility index (Phi) is 18.9. The Morgan fingerprint density at radius 2 is 1.12 bits per heavy atom. The van der Waals surface area contributed by atoms with Crippen LogP contribution in [0.15, 0.2) is 48.9 Å². The molecular weight excluding hydrogens is 798 g/mol. The molecule has 0 bridgehead atoms. The fourth-order valence-electron chi connectivity index (χ4n) is 5.99. The van der Waals surface area contributed by atoms with Crippen LogP contribution in [0.3, 0.4) is 0 Å². The highest BCUT2D eigenvalue weighted by molar-refractivity contribution is 7.53. The minimum absolute atomic E-state index is 0.0301. The number of allylic oxidation sites excluding steroid dienone is 2. The highest BCUT2D eigenvalue weighted by Gasteiger charge is 2.35. The van der Waals surface area contributed by atoms with Crippen molar-refractivity contribution in [2.24, 2.45) is 11.8 Å². The molecule has 3 aromatic rings. The zero-order valence-electron chi connectivity index (χ0n) is 32.3. The fourth-order valence-corrected chi connectivity index (χ4v) is 8.05. The van der Waals surface area contributed by atoms with Gasteiger partial charge >= 0.3 is 7.60 Å². The highest BCUT2D eigenvalue weighted by Crippen LogP contribution is 2.52. The van der Waals surface area contributed by atoms with Crippen LogP contribution in [-0.2, 0) is 19.8 Å². The van der Waals surface area contributed by atoms with Crippen LogP contribution in [0.5, 0.6) is 17.2 Å². The van der Waals surface area contributed by atoms with Crippen molar-refractivity contribution in [2.45, 2.75) is 83.2 Å². The Labute approximate surface area is 336 Å². The number of anilines is 1. The number of nitrogen functional groups attached to an aromatic ring is 1. The minimum Gasteiger partial charge on any atom is -0.495 e. The molecule has 17 heteroatoms. The van der Waals surface area contributed by atoms with Crippen molar-refractivity contribution < 1.29 is 45.4 Å². The number of nitrogens with two attached hydrogens (primary N) is 1. The molecule has 0 spiro atoms. The summed E-state index contributed by atoms with van der Waals surface area (Å²) in [6.45, 7) is 4.17. The van der Waals surface area contributed by atoms with Gasteiger partial charge in [0.25, 0.3) is 0 Å². The first-order chi connectivity index (χ1) is 26.5. The molecule has 10 nitrogen and oxygen atoms in total. The molecule has 2 aliphatic carbocycles. The Hall–Kier alpha value is -3.42. The first-order valence-electron chi connectivity index (χ1n) is 18.2. The summed E-state index contributed by atoms with van der Waals surface area (Å²) in [4.78, 5) is 11.8. The first-order valence-corrected chi connectivity index (χ1v) is 20.7. The van der Waals surface area contributed by atoms with E-state index in [4.69, 9.17) is 52.2 Å². The molecule has 0 unspecified atom stereocenters. The van der Waals surface area contributed by atoms with Crippen LogP contribution in [0.25, 0.3) is 12.2 Å². The van der Waals surface area contributed by atoms with E-state index in [-0.39, 0.29) is 43.7 Å². The molecule has 2 aliphatic rings. The molecule has 0 radical (unpaired) electrons. The summed E-state index contributed by atoms with van der Waals surface area (Å²) in [5, 5.41) is 0.695. The molecule has 56 heavy (non-hydrogen) atoms. The van der Waals surface area contributed by atoms with Crippen LogP contribution >= 0.6 is 30.8 Å². The maximum absolute atomic E-state index is 13.0. The van der Waals surface area contributed by atoms with Gasteiger partial charge in [-0.05, 0) is 69.6 Å². The summed E-state index contributed by atoms with van der Waals surface area (Å²) in [5.41, 5.74) is 7.93. The van der Waals surface area contributed by atoms with Gasteiger partial charge in [0.15, 0.2) is 0 Å². The third-order valence-electron chi connectivity index (χ3n) is 8.99. The lowest BCUT2D eigenvalue weighted by Gasteiger charge is -2.26.